The highest BCUT2D eigenvalue weighted by Gasteiger charge is 2.65. The Hall–Kier alpha value is -3.81. The molecule has 66 heavy (non-hydrogen) atoms. The van der Waals surface area contributed by atoms with Crippen molar-refractivity contribution in [1.82, 2.24) is 4.90 Å². The summed E-state index contributed by atoms with van der Waals surface area (Å²) in [5.41, 5.74) is 2.43. The fraction of sp³-hybridized carbons (Fsp3) is 0.667. The molecule has 3 N–H and O–H groups in total. The number of carbonyl (C=O) groups is 1. The lowest BCUT2D eigenvalue weighted by atomic mass is 9.55. The molecule has 2 aromatic carbocycles. The minimum atomic E-state index is -1.41. The second kappa shape index (κ2) is 27.3. The van der Waals surface area contributed by atoms with E-state index in [9.17, 15) is 24.5 Å². The van der Waals surface area contributed by atoms with E-state index in [2.05, 4.69) is 19.6 Å². The topological polar surface area (TPSA) is 140 Å². The molecular weight excluding hydrogens is 840 g/mol. The van der Waals surface area contributed by atoms with Crippen molar-refractivity contribution in [1.29, 1.82) is 0 Å². The van der Waals surface area contributed by atoms with E-state index in [-0.39, 0.29) is 88.7 Å². The molecule has 0 saturated heterocycles. The number of amides is 1. The first-order chi connectivity index (χ1) is 32.0. The number of fused-ring (bicyclic) bond motifs is 2. The van der Waals surface area contributed by atoms with Crippen LogP contribution in [0.4, 0.5) is 4.39 Å². The number of rotatable bonds is 31. The van der Waals surface area contributed by atoms with Gasteiger partial charge in [-0.15, -0.1) is 6.58 Å². The number of aliphatic hydroxyl groups excluding tert-OH is 3. The highest BCUT2D eigenvalue weighted by atomic mass is 19.1. The number of hydrogen-bond acceptors (Lipinski definition) is 10. The van der Waals surface area contributed by atoms with E-state index in [1.807, 2.05) is 43.9 Å². The number of aliphatic hydroxyl groups is 3. The SMILES string of the molecule is C=CCO[C@@]12Oc3ccc(OCc4ccccc4F)cc3[C@H]3[C@H](CCCCO)[C@@H](CCCCO)C=C(C(=NOC(C)(C)C)C[C@@H]1N(CCOCCO)C(=O)CCCCCCCCCCC)[C@H]32. The van der Waals surface area contributed by atoms with Crippen LogP contribution in [-0.4, -0.2) is 95.5 Å². The van der Waals surface area contributed by atoms with E-state index in [0.29, 0.717) is 36.3 Å². The Kier molecular flexibility index (Phi) is 21.9. The number of hydrogen-bond donors (Lipinski definition) is 3. The van der Waals surface area contributed by atoms with Gasteiger partial charge in [-0.25, -0.2) is 4.39 Å². The van der Waals surface area contributed by atoms with Crippen molar-refractivity contribution in [3.8, 4) is 11.5 Å². The van der Waals surface area contributed by atoms with Gasteiger partial charge in [0.1, 0.15) is 35.6 Å². The Morgan fingerprint density at radius 2 is 1.64 bits per heavy atom. The maximum Gasteiger partial charge on any atom is 0.239 e. The van der Waals surface area contributed by atoms with Crippen LogP contribution >= 0.6 is 0 Å². The summed E-state index contributed by atoms with van der Waals surface area (Å²) in [6.45, 7) is 13.0. The Morgan fingerprint density at radius 3 is 2.32 bits per heavy atom. The van der Waals surface area contributed by atoms with Gasteiger partial charge in [0.25, 0.3) is 0 Å². The van der Waals surface area contributed by atoms with Crippen LogP contribution in [0.25, 0.3) is 0 Å². The molecule has 0 radical (unpaired) electrons. The molecule has 1 fully saturated rings. The van der Waals surface area contributed by atoms with Crippen LogP contribution < -0.4 is 9.47 Å². The van der Waals surface area contributed by atoms with Crippen molar-refractivity contribution in [2.45, 2.75) is 167 Å². The zero-order valence-corrected chi connectivity index (χ0v) is 40.5. The molecule has 0 bridgehead atoms. The predicted molar refractivity (Wildman–Crippen MR) is 258 cm³/mol. The molecule has 1 heterocycles. The molecule has 1 saturated carbocycles. The van der Waals surface area contributed by atoms with Gasteiger partial charge in [0.05, 0.1) is 38.1 Å². The second-order valence-electron chi connectivity index (χ2n) is 19.4. The average Bonchev–Trinajstić information content (AvgIpc) is 3.30. The molecule has 5 rings (SSSR count). The Morgan fingerprint density at radius 1 is 0.924 bits per heavy atom. The lowest BCUT2D eigenvalue weighted by molar-refractivity contribution is -0.258. The minimum absolute atomic E-state index is 0.0272. The van der Waals surface area contributed by atoms with Crippen LogP contribution in [-0.2, 0) is 25.7 Å². The maximum absolute atomic E-state index is 14.9. The number of ether oxygens (including phenoxy) is 4. The molecule has 6 atom stereocenters. The molecule has 1 aliphatic heterocycles. The third-order valence-corrected chi connectivity index (χ3v) is 13.3. The van der Waals surface area contributed by atoms with Gasteiger partial charge >= 0.3 is 0 Å². The van der Waals surface area contributed by atoms with Crippen molar-refractivity contribution in [3.63, 3.8) is 0 Å². The van der Waals surface area contributed by atoms with Gasteiger partial charge in [0, 0.05) is 49.6 Å². The van der Waals surface area contributed by atoms with Gasteiger partial charge in [-0.05, 0) is 94.5 Å². The first-order valence-corrected chi connectivity index (χ1v) is 25.1. The van der Waals surface area contributed by atoms with Gasteiger partial charge in [0.15, 0.2) is 0 Å². The highest BCUT2D eigenvalue weighted by molar-refractivity contribution is 6.03. The number of allylic oxidation sites excluding steroid dienone is 1. The smallest absolute Gasteiger partial charge is 0.239 e. The number of unbranched alkanes of at least 4 members (excludes halogenated alkanes) is 10. The number of benzene rings is 2. The summed E-state index contributed by atoms with van der Waals surface area (Å²) in [5.74, 6) is -1.23. The quantitative estimate of drug-likeness (QED) is 0.0383. The van der Waals surface area contributed by atoms with Crippen molar-refractivity contribution in [2.24, 2.45) is 22.9 Å². The predicted octanol–water partition coefficient (Wildman–Crippen LogP) is 10.6. The fourth-order valence-corrected chi connectivity index (χ4v) is 10.2. The van der Waals surface area contributed by atoms with Crippen LogP contribution in [0.5, 0.6) is 11.5 Å². The van der Waals surface area contributed by atoms with E-state index in [1.165, 1.54) is 38.2 Å². The number of halogens is 1. The molecular formula is C54H81FN2O9. The van der Waals surface area contributed by atoms with Crippen molar-refractivity contribution in [2.75, 3.05) is 46.2 Å². The highest BCUT2D eigenvalue weighted by Crippen LogP contribution is 2.62. The molecule has 0 spiro atoms. The van der Waals surface area contributed by atoms with Crippen molar-refractivity contribution < 1.29 is 48.3 Å². The van der Waals surface area contributed by atoms with E-state index in [4.69, 9.17) is 28.9 Å². The first kappa shape index (κ1) is 53.1. The standard InChI is InChI=1S/C54H81FN2O9/c1-6-8-9-10-11-12-13-14-15-26-50(61)57(29-34-62-35-32-60)49-38-47(56-66-53(3,4)5)44-36-40(22-18-20-30-58)43(24-19-21-31-59)51-45-37-42(63-39-41-23-16-17-25-46(41)55)27-28-48(45)65-54(49,52(44)51)64-33-7-2/h7,16-17,23,25,27-28,36-37,40,43,49,51-52,58-60H,2,6,8-15,18-22,24,26,29-35,38-39H2,1,3-5H3/t40-,43+,49-,51+,52+,54+/m0/s1. The van der Waals surface area contributed by atoms with Gasteiger partial charge < -0.3 is 44.0 Å². The molecule has 368 valence electrons. The molecule has 12 heteroatoms. The molecule has 0 unspecified atom stereocenters. The first-order valence-electron chi connectivity index (χ1n) is 25.1. The maximum atomic E-state index is 14.9. The van der Waals surface area contributed by atoms with Crippen LogP contribution in [0, 0.1) is 23.6 Å². The van der Waals surface area contributed by atoms with Gasteiger partial charge in [0.2, 0.25) is 11.7 Å². The average molecular weight is 921 g/mol. The zero-order valence-electron chi connectivity index (χ0n) is 40.5. The van der Waals surface area contributed by atoms with Crippen molar-refractivity contribution in [3.05, 3.63) is 83.7 Å². The summed E-state index contributed by atoms with van der Waals surface area (Å²) < 4.78 is 41.6. The minimum Gasteiger partial charge on any atom is -0.489 e. The van der Waals surface area contributed by atoms with E-state index < -0.39 is 23.3 Å². The van der Waals surface area contributed by atoms with Crippen molar-refractivity contribution >= 4 is 11.6 Å². The van der Waals surface area contributed by atoms with E-state index in [1.54, 1.807) is 24.3 Å². The van der Waals surface area contributed by atoms with Gasteiger partial charge in [-0.3, -0.25) is 4.79 Å². The summed E-state index contributed by atoms with van der Waals surface area (Å²) in [6, 6.07) is 11.7. The lowest BCUT2D eigenvalue weighted by Gasteiger charge is -2.60. The number of carbonyl (C=O) groups excluding carboxylic acids is 1. The molecule has 11 nitrogen and oxygen atoms in total. The normalized spacial score (nSPS) is 22.8. The lowest BCUT2D eigenvalue weighted by Crippen LogP contribution is -2.70. The Balaban J connectivity index is 1.66. The summed E-state index contributed by atoms with van der Waals surface area (Å²) >= 11 is 0. The Labute approximate surface area is 394 Å². The summed E-state index contributed by atoms with van der Waals surface area (Å²) in [5, 5.41) is 34.6. The molecule has 1 amide bonds. The van der Waals surface area contributed by atoms with Gasteiger partial charge in [-0.1, -0.05) is 107 Å². The van der Waals surface area contributed by atoms with Crippen LogP contribution in [0.2, 0.25) is 0 Å². The van der Waals surface area contributed by atoms with Crippen LogP contribution in [0.3, 0.4) is 0 Å². The Bertz CT molecular complexity index is 1850. The van der Waals surface area contributed by atoms with Crippen LogP contribution in [0.15, 0.2) is 71.9 Å². The number of oxime groups is 1. The fourth-order valence-electron chi connectivity index (χ4n) is 10.2. The monoisotopic (exact) mass is 921 g/mol. The van der Waals surface area contributed by atoms with Crippen LogP contribution in [0.1, 0.15) is 154 Å². The molecule has 0 aromatic heterocycles. The van der Waals surface area contributed by atoms with E-state index in [0.717, 1.165) is 68.2 Å². The largest absolute Gasteiger partial charge is 0.489 e. The molecule has 2 aromatic rings. The van der Waals surface area contributed by atoms with E-state index >= 15 is 0 Å². The zero-order chi connectivity index (χ0) is 47.4. The molecule has 2 aliphatic carbocycles. The third-order valence-electron chi connectivity index (χ3n) is 13.3. The summed E-state index contributed by atoms with van der Waals surface area (Å²) in [7, 11) is 0. The summed E-state index contributed by atoms with van der Waals surface area (Å²) in [4.78, 5) is 23.1. The third kappa shape index (κ3) is 14.6. The van der Waals surface area contributed by atoms with Gasteiger partial charge in [-0.2, -0.15) is 0 Å². The second-order valence-corrected chi connectivity index (χ2v) is 19.4. The summed E-state index contributed by atoms with van der Waals surface area (Å²) in [6.07, 6.45) is 19.4. The molecule has 3 aliphatic rings. The number of nitrogens with zero attached hydrogens (tertiary/aromatic N) is 2.